The highest BCUT2D eigenvalue weighted by Gasteiger charge is 2.48. The number of nitrogens with one attached hydrogen (secondary N) is 1. The van der Waals surface area contributed by atoms with Gasteiger partial charge in [0.25, 0.3) is 0 Å². The lowest BCUT2D eigenvalue weighted by Crippen LogP contribution is -2.48. The van der Waals surface area contributed by atoms with Crippen LogP contribution in [0.5, 0.6) is 0 Å². The number of benzene rings is 1. The molecule has 110 valence electrons. The monoisotopic (exact) mass is 368 g/mol. The van der Waals surface area contributed by atoms with Crippen molar-refractivity contribution in [1.29, 1.82) is 0 Å². The van der Waals surface area contributed by atoms with E-state index in [1.165, 1.54) is 11.8 Å². The molecule has 1 atom stereocenters. The molecule has 1 N–H and O–H groups in total. The number of carbonyl (C=O) groups is 2. The lowest BCUT2D eigenvalue weighted by atomic mass is 10.0. The summed E-state index contributed by atoms with van der Waals surface area (Å²) in [5.41, 5.74) is -0.369. The molecule has 1 aromatic carbocycles. The first-order chi connectivity index (χ1) is 9.93. The molecule has 5 nitrogen and oxygen atoms in total. The summed E-state index contributed by atoms with van der Waals surface area (Å²) in [6.07, 6.45) is -0.453. The molecule has 2 heterocycles. The highest BCUT2D eigenvalue weighted by molar-refractivity contribution is 9.11. The molecule has 0 aliphatic carbocycles. The van der Waals surface area contributed by atoms with Crippen LogP contribution in [0.25, 0.3) is 10.1 Å². The zero-order valence-corrected chi connectivity index (χ0v) is 13.9. The summed E-state index contributed by atoms with van der Waals surface area (Å²) in [5, 5.41) is 3.77. The van der Waals surface area contributed by atoms with E-state index in [0.717, 1.165) is 19.4 Å². The molecule has 1 aromatic heterocycles. The molecule has 3 rings (SSSR count). The minimum atomic E-state index is -1.16. The van der Waals surface area contributed by atoms with Crippen molar-refractivity contribution >= 4 is 49.4 Å². The van der Waals surface area contributed by atoms with Gasteiger partial charge in [-0.2, -0.15) is 0 Å². The van der Waals surface area contributed by atoms with Crippen molar-refractivity contribution in [2.75, 3.05) is 13.6 Å². The van der Waals surface area contributed by atoms with Crippen molar-refractivity contribution in [3.8, 4) is 0 Å². The molecule has 0 spiro atoms. The molecule has 0 radical (unpaired) electrons. The summed E-state index contributed by atoms with van der Waals surface area (Å²) in [4.78, 5) is 24.9. The Hall–Kier alpha value is -1.60. The summed E-state index contributed by atoms with van der Waals surface area (Å²) in [6, 6.07) is 7.83. The van der Waals surface area contributed by atoms with E-state index < -0.39 is 11.8 Å². The SMILES string of the molecule is CC(=O)NC1(c2c(Br)sc3ccccc23)CN(C)C(=O)O1. The maximum absolute atomic E-state index is 11.9. The second kappa shape index (κ2) is 4.99. The number of thiophene rings is 1. The highest BCUT2D eigenvalue weighted by Crippen LogP contribution is 2.44. The summed E-state index contributed by atoms with van der Waals surface area (Å²) < 4.78 is 7.45. The fraction of sp³-hybridized carbons (Fsp3) is 0.286. The third-order valence-electron chi connectivity index (χ3n) is 3.37. The molecule has 1 fully saturated rings. The van der Waals surface area contributed by atoms with Crippen molar-refractivity contribution in [1.82, 2.24) is 10.2 Å². The number of carbonyl (C=O) groups excluding carboxylic acids is 2. The molecule has 2 amide bonds. The van der Waals surface area contributed by atoms with Gasteiger partial charge < -0.3 is 15.0 Å². The number of cyclic esters (lactones) is 1. The zero-order chi connectivity index (χ0) is 15.2. The Morgan fingerprint density at radius 1 is 1.48 bits per heavy atom. The second-order valence-electron chi connectivity index (χ2n) is 4.98. The largest absolute Gasteiger partial charge is 0.416 e. The van der Waals surface area contributed by atoms with E-state index in [0.29, 0.717) is 0 Å². The first-order valence-corrected chi connectivity index (χ1v) is 7.94. The van der Waals surface area contributed by atoms with Crippen LogP contribution in [-0.2, 0) is 15.3 Å². The summed E-state index contributed by atoms with van der Waals surface area (Å²) in [6.45, 7) is 1.68. The van der Waals surface area contributed by atoms with Crippen molar-refractivity contribution < 1.29 is 14.3 Å². The number of nitrogens with zero attached hydrogens (tertiary/aromatic N) is 1. The van der Waals surface area contributed by atoms with Gasteiger partial charge in [0.1, 0.15) is 0 Å². The van der Waals surface area contributed by atoms with Gasteiger partial charge in [0.05, 0.1) is 15.9 Å². The topological polar surface area (TPSA) is 58.6 Å². The van der Waals surface area contributed by atoms with E-state index >= 15 is 0 Å². The van der Waals surface area contributed by atoms with E-state index in [1.54, 1.807) is 18.4 Å². The Bertz CT molecular complexity index is 741. The van der Waals surface area contributed by atoms with Crippen molar-refractivity contribution in [3.05, 3.63) is 33.6 Å². The molecule has 7 heteroatoms. The molecule has 21 heavy (non-hydrogen) atoms. The second-order valence-corrected chi connectivity index (χ2v) is 7.35. The number of hydrogen-bond donors (Lipinski definition) is 1. The summed E-state index contributed by atoms with van der Waals surface area (Å²) >= 11 is 5.09. The van der Waals surface area contributed by atoms with Crippen LogP contribution >= 0.6 is 27.3 Å². The number of amides is 2. The van der Waals surface area contributed by atoms with Crippen LogP contribution in [0.1, 0.15) is 12.5 Å². The molecule has 1 aliphatic heterocycles. The molecule has 0 saturated carbocycles. The molecular weight excluding hydrogens is 356 g/mol. The average Bonchev–Trinajstić information content (AvgIpc) is 2.86. The number of likely N-dealkylation sites (N-methyl/N-ethyl adjacent to an activating group) is 1. The zero-order valence-electron chi connectivity index (χ0n) is 11.5. The quantitative estimate of drug-likeness (QED) is 0.885. The van der Waals surface area contributed by atoms with E-state index in [9.17, 15) is 9.59 Å². The Kier molecular flexibility index (Phi) is 3.41. The Balaban J connectivity index is 2.22. The van der Waals surface area contributed by atoms with E-state index in [-0.39, 0.29) is 12.5 Å². The first kappa shape index (κ1) is 14.3. The fourth-order valence-electron chi connectivity index (χ4n) is 2.59. The van der Waals surface area contributed by atoms with E-state index in [4.69, 9.17) is 4.74 Å². The summed E-state index contributed by atoms with van der Waals surface area (Å²) in [5.74, 6) is -0.250. The summed E-state index contributed by atoms with van der Waals surface area (Å²) in [7, 11) is 1.65. The lowest BCUT2D eigenvalue weighted by Gasteiger charge is -2.27. The van der Waals surface area contributed by atoms with Gasteiger partial charge in [-0.15, -0.1) is 11.3 Å². The van der Waals surface area contributed by atoms with Gasteiger partial charge in [0, 0.05) is 24.1 Å². The molecule has 2 aromatic rings. The third-order valence-corrected chi connectivity index (χ3v) is 5.21. The molecular formula is C14H13BrN2O3S. The van der Waals surface area contributed by atoms with Crippen LogP contribution in [-0.4, -0.2) is 30.5 Å². The number of rotatable bonds is 2. The van der Waals surface area contributed by atoms with E-state index in [2.05, 4.69) is 21.2 Å². The van der Waals surface area contributed by atoms with Crippen LogP contribution in [0.3, 0.4) is 0 Å². The Morgan fingerprint density at radius 2 is 2.19 bits per heavy atom. The number of ether oxygens (including phenoxy) is 1. The third kappa shape index (κ3) is 2.30. The van der Waals surface area contributed by atoms with Gasteiger partial charge in [-0.25, -0.2) is 4.79 Å². The van der Waals surface area contributed by atoms with Crippen molar-refractivity contribution in [3.63, 3.8) is 0 Å². The standard InChI is InChI=1S/C14H13BrN2O3S/c1-8(18)16-14(7-17(2)13(19)20-14)11-9-5-3-4-6-10(9)21-12(11)15/h3-6H,7H2,1-2H3,(H,16,18). The van der Waals surface area contributed by atoms with Crippen molar-refractivity contribution in [2.45, 2.75) is 12.6 Å². The predicted octanol–water partition coefficient (Wildman–Crippen LogP) is 3.03. The van der Waals surface area contributed by atoms with Gasteiger partial charge in [0.15, 0.2) is 0 Å². The fourth-order valence-corrected chi connectivity index (χ4v) is 4.65. The van der Waals surface area contributed by atoms with Crippen LogP contribution in [0.4, 0.5) is 4.79 Å². The van der Waals surface area contributed by atoms with Crippen LogP contribution in [0.15, 0.2) is 28.1 Å². The predicted molar refractivity (Wildman–Crippen MR) is 84.1 cm³/mol. The normalized spacial score (nSPS) is 21.7. The Labute approximate surface area is 134 Å². The average molecular weight is 369 g/mol. The van der Waals surface area contributed by atoms with Crippen LogP contribution in [0.2, 0.25) is 0 Å². The Morgan fingerprint density at radius 3 is 2.81 bits per heavy atom. The smallest absolute Gasteiger partial charge is 0.412 e. The molecule has 1 saturated heterocycles. The maximum Gasteiger partial charge on any atom is 0.412 e. The minimum Gasteiger partial charge on any atom is -0.416 e. The van der Waals surface area contributed by atoms with Crippen LogP contribution in [0, 0.1) is 0 Å². The van der Waals surface area contributed by atoms with Gasteiger partial charge in [-0.05, 0) is 22.0 Å². The van der Waals surface area contributed by atoms with E-state index in [1.807, 2.05) is 24.3 Å². The maximum atomic E-state index is 11.9. The number of halogens is 1. The van der Waals surface area contributed by atoms with Crippen molar-refractivity contribution in [2.24, 2.45) is 0 Å². The number of hydrogen-bond acceptors (Lipinski definition) is 4. The minimum absolute atomic E-state index is 0.250. The van der Waals surface area contributed by atoms with Crippen LogP contribution < -0.4 is 5.32 Å². The van der Waals surface area contributed by atoms with Gasteiger partial charge >= 0.3 is 6.09 Å². The molecule has 1 aliphatic rings. The van der Waals surface area contributed by atoms with Gasteiger partial charge in [-0.1, -0.05) is 18.2 Å². The van der Waals surface area contributed by atoms with Gasteiger partial charge in [-0.3, -0.25) is 4.79 Å². The molecule has 0 bridgehead atoms. The highest BCUT2D eigenvalue weighted by atomic mass is 79.9. The molecule has 1 unspecified atom stereocenters. The lowest BCUT2D eigenvalue weighted by molar-refractivity contribution is -0.125. The number of fused-ring (bicyclic) bond motifs is 1. The first-order valence-electron chi connectivity index (χ1n) is 6.33. The van der Waals surface area contributed by atoms with Gasteiger partial charge in [0.2, 0.25) is 11.6 Å².